The molecule has 0 aromatic heterocycles. The summed E-state index contributed by atoms with van der Waals surface area (Å²) in [5.74, 6) is 0. The zero-order chi connectivity index (χ0) is 25.8. The number of urea groups is 1. The highest BCUT2D eigenvalue weighted by Crippen LogP contribution is 2.38. The van der Waals surface area contributed by atoms with Gasteiger partial charge in [-0.05, 0) is 54.5 Å². The minimum absolute atomic E-state index is 0.0667. The van der Waals surface area contributed by atoms with Crippen molar-refractivity contribution in [3.8, 4) is 0 Å². The fourth-order valence-corrected chi connectivity index (χ4v) is 5.78. The smallest absolute Gasteiger partial charge is 0.262 e. The fourth-order valence-electron chi connectivity index (χ4n) is 4.30. The summed E-state index contributed by atoms with van der Waals surface area (Å²) in [5, 5.41) is 0. The largest absolute Gasteiger partial charge is 0.343 e. The summed E-state index contributed by atoms with van der Waals surface area (Å²) in [6.07, 6.45) is 5.60. The first-order valence-corrected chi connectivity index (χ1v) is 13.4. The predicted octanol–water partition coefficient (Wildman–Crippen LogP) is 6.96. The second-order valence-corrected chi connectivity index (χ2v) is 10.6. The number of amides is 2. The van der Waals surface area contributed by atoms with Crippen LogP contribution >= 0.6 is 0 Å². The van der Waals surface area contributed by atoms with Crippen LogP contribution in [0.25, 0.3) is 6.08 Å². The Bertz CT molecular complexity index is 1550. The van der Waals surface area contributed by atoms with Crippen LogP contribution in [0.5, 0.6) is 0 Å². The molecule has 0 fully saturated rings. The van der Waals surface area contributed by atoms with Crippen molar-refractivity contribution in [1.82, 2.24) is 4.31 Å². The highest BCUT2D eigenvalue weighted by atomic mass is 32.2. The van der Waals surface area contributed by atoms with E-state index in [9.17, 15) is 13.2 Å². The summed E-state index contributed by atoms with van der Waals surface area (Å²) >= 11 is 0. The Labute approximate surface area is 217 Å². The highest BCUT2D eigenvalue weighted by molar-refractivity contribution is 7.89. The van der Waals surface area contributed by atoms with Crippen LogP contribution in [0.4, 0.5) is 10.5 Å². The van der Waals surface area contributed by atoms with Crippen LogP contribution < -0.4 is 4.90 Å². The van der Waals surface area contributed by atoms with Gasteiger partial charge in [0.05, 0.1) is 16.6 Å². The molecule has 184 valence electrons. The van der Waals surface area contributed by atoms with Gasteiger partial charge >= 0.3 is 6.03 Å². The van der Waals surface area contributed by atoms with Crippen molar-refractivity contribution in [3.05, 3.63) is 150 Å². The minimum atomic E-state index is -4.18. The van der Waals surface area contributed by atoms with Gasteiger partial charge in [-0.25, -0.2) is 17.5 Å². The van der Waals surface area contributed by atoms with Gasteiger partial charge in [-0.2, -0.15) is 0 Å². The van der Waals surface area contributed by atoms with E-state index in [0.717, 1.165) is 15.4 Å². The molecule has 0 aliphatic carbocycles. The fraction of sp³-hybridized carbons (Fsp3) is 0.0645. The third kappa shape index (κ3) is 4.97. The second kappa shape index (κ2) is 10.3. The van der Waals surface area contributed by atoms with E-state index in [1.807, 2.05) is 104 Å². The molecule has 0 N–H and O–H groups in total. The lowest BCUT2D eigenvalue weighted by molar-refractivity contribution is 0.223. The first kappa shape index (κ1) is 24.3. The zero-order valence-electron chi connectivity index (χ0n) is 20.3. The van der Waals surface area contributed by atoms with E-state index in [0.29, 0.717) is 16.9 Å². The van der Waals surface area contributed by atoms with Crippen LogP contribution in [-0.2, 0) is 10.0 Å². The van der Waals surface area contributed by atoms with Crippen molar-refractivity contribution >= 4 is 27.8 Å². The van der Waals surface area contributed by atoms with Gasteiger partial charge in [0.2, 0.25) is 0 Å². The first-order valence-electron chi connectivity index (χ1n) is 12.0. The number of para-hydroxylation sites is 1. The summed E-state index contributed by atoms with van der Waals surface area (Å²) in [5.41, 5.74) is 3.76. The quantitative estimate of drug-likeness (QED) is 0.284. The lowest BCUT2D eigenvalue weighted by Crippen LogP contribution is -2.50. The molecule has 37 heavy (non-hydrogen) atoms. The summed E-state index contributed by atoms with van der Waals surface area (Å²) in [7, 11) is -4.18. The number of anilines is 1. The topological polar surface area (TPSA) is 57.7 Å². The van der Waals surface area contributed by atoms with Gasteiger partial charge in [-0.3, -0.25) is 4.90 Å². The molecule has 0 saturated carbocycles. The van der Waals surface area contributed by atoms with Crippen LogP contribution in [0.1, 0.15) is 22.7 Å². The maximum absolute atomic E-state index is 14.2. The van der Waals surface area contributed by atoms with Gasteiger partial charge < -0.3 is 0 Å². The van der Waals surface area contributed by atoms with Crippen molar-refractivity contribution in [2.24, 2.45) is 0 Å². The Morgan fingerprint density at radius 1 is 0.703 bits per heavy atom. The molecule has 0 unspecified atom stereocenters. The van der Waals surface area contributed by atoms with Gasteiger partial charge in [0.1, 0.15) is 0 Å². The Balaban J connectivity index is 1.70. The lowest BCUT2D eigenvalue weighted by atomic mass is 10.0. The van der Waals surface area contributed by atoms with Crippen LogP contribution in [-0.4, -0.2) is 18.8 Å². The zero-order valence-corrected chi connectivity index (χ0v) is 21.1. The molecule has 1 atom stereocenters. The highest BCUT2D eigenvalue weighted by Gasteiger charge is 2.43. The molecule has 5 nitrogen and oxygen atoms in total. The van der Waals surface area contributed by atoms with E-state index in [2.05, 4.69) is 0 Å². The van der Waals surface area contributed by atoms with Crippen molar-refractivity contribution in [2.45, 2.75) is 17.9 Å². The summed E-state index contributed by atoms with van der Waals surface area (Å²) in [6.45, 7) is 1.89. The first-order chi connectivity index (χ1) is 17.9. The molecule has 2 amide bonds. The van der Waals surface area contributed by atoms with E-state index in [-0.39, 0.29) is 4.90 Å². The summed E-state index contributed by atoms with van der Waals surface area (Å²) < 4.78 is 29.0. The number of aryl methyl sites for hydroxylation is 1. The lowest BCUT2D eigenvalue weighted by Gasteiger charge is -2.39. The molecule has 4 aromatic carbocycles. The van der Waals surface area contributed by atoms with E-state index in [1.54, 1.807) is 36.4 Å². The van der Waals surface area contributed by atoms with Crippen LogP contribution in [0.3, 0.4) is 0 Å². The Morgan fingerprint density at radius 2 is 1.27 bits per heavy atom. The minimum Gasteiger partial charge on any atom is -0.262 e. The summed E-state index contributed by atoms with van der Waals surface area (Å²) in [4.78, 5) is 15.7. The molecule has 1 aliphatic rings. The Hall–Kier alpha value is -4.42. The Morgan fingerprint density at radius 3 is 1.89 bits per heavy atom. The molecule has 1 aliphatic heterocycles. The van der Waals surface area contributed by atoms with Gasteiger partial charge in [-0.1, -0.05) is 103 Å². The van der Waals surface area contributed by atoms with Gasteiger partial charge in [-0.15, -0.1) is 0 Å². The van der Waals surface area contributed by atoms with E-state index in [4.69, 9.17) is 0 Å². The standard InChI is InChI=1S/C31H26N2O3S/c1-24-17-21-29(22-18-24)37(35,36)33-30(26-13-7-3-8-14-26)23-28(20-19-25-11-5-2-6-12-25)32(31(33)34)27-15-9-4-10-16-27/h2-23,30H,1H3/b20-19+/t30-/m0/s1. The molecule has 1 heterocycles. The number of carbonyl (C=O) groups excluding carboxylic acids is 1. The number of hydrogen-bond donors (Lipinski definition) is 0. The molecular formula is C31H26N2O3S. The molecule has 6 heteroatoms. The van der Waals surface area contributed by atoms with Crippen LogP contribution in [0.15, 0.2) is 138 Å². The SMILES string of the molecule is Cc1ccc(S(=O)(=O)N2C(=O)N(c3ccccc3)C(/C=C/c3ccccc3)=C[C@H]2c2ccccc2)cc1. The molecular weight excluding hydrogens is 480 g/mol. The van der Waals surface area contributed by atoms with Crippen molar-refractivity contribution in [2.75, 3.05) is 4.90 Å². The number of rotatable bonds is 6. The monoisotopic (exact) mass is 506 g/mol. The molecule has 0 saturated heterocycles. The number of hydrogen-bond acceptors (Lipinski definition) is 3. The summed E-state index contributed by atoms with van der Waals surface area (Å²) in [6, 6.07) is 33.2. The molecule has 5 rings (SSSR count). The predicted molar refractivity (Wildman–Crippen MR) is 147 cm³/mol. The average Bonchev–Trinajstić information content (AvgIpc) is 2.93. The number of carbonyl (C=O) groups is 1. The third-order valence-electron chi connectivity index (χ3n) is 6.20. The average molecular weight is 507 g/mol. The third-order valence-corrected chi connectivity index (χ3v) is 7.97. The molecule has 0 bridgehead atoms. The van der Waals surface area contributed by atoms with Crippen LogP contribution in [0, 0.1) is 6.92 Å². The Kier molecular flexibility index (Phi) is 6.75. The van der Waals surface area contributed by atoms with Crippen molar-refractivity contribution in [1.29, 1.82) is 0 Å². The number of nitrogens with zero attached hydrogens (tertiary/aromatic N) is 2. The number of benzene rings is 4. The normalized spacial score (nSPS) is 16.2. The van der Waals surface area contributed by atoms with Gasteiger partial charge in [0.25, 0.3) is 10.0 Å². The molecule has 0 radical (unpaired) electrons. The van der Waals surface area contributed by atoms with Crippen molar-refractivity contribution in [3.63, 3.8) is 0 Å². The van der Waals surface area contributed by atoms with Crippen LogP contribution in [0.2, 0.25) is 0 Å². The number of allylic oxidation sites excluding steroid dienone is 1. The maximum Gasteiger partial charge on any atom is 0.343 e. The molecule has 0 spiro atoms. The van der Waals surface area contributed by atoms with E-state index < -0.39 is 22.1 Å². The van der Waals surface area contributed by atoms with E-state index >= 15 is 0 Å². The second-order valence-electron chi connectivity index (χ2n) is 8.76. The molecule has 4 aromatic rings. The number of sulfonamides is 1. The van der Waals surface area contributed by atoms with Gasteiger partial charge in [0.15, 0.2) is 0 Å². The van der Waals surface area contributed by atoms with Crippen molar-refractivity contribution < 1.29 is 13.2 Å². The van der Waals surface area contributed by atoms with Gasteiger partial charge in [0, 0.05) is 5.70 Å². The van der Waals surface area contributed by atoms with E-state index in [1.165, 1.54) is 4.90 Å². The maximum atomic E-state index is 14.2.